The first kappa shape index (κ1) is 12.7. The van der Waals surface area contributed by atoms with Gasteiger partial charge in [0, 0.05) is 25.4 Å². The topological polar surface area (TPSA) is 112 Å². The van der Waals surface area contributed by atoms with E-state index in [1.807, 2.05) is 0 Å². The number of nitrogens with one attached hydrogen (secondary N) is 2. The number of nitrogens with zero attached hydrogens (tertiary/aromatic N) is 1. The van der Waals surface area contributed by atoms with E-state index in [0.29, 0.717) is 12.2 Å². The maximum absolute atomic E-state index is 11.4. The molecule has 90 valence electrons. The van der Waals surface area contributed by atoms with E-state index in [0.717, 1.165) is 6.92 Å². The lowest BCUT2D eigenvalue weighted by Gasteiger charge is -2.09. The normalized spacial score (nSPS) is 13.6. The van der Waals surface area contributed by atoms with E-state index in [1.165, 1.54) is 0 Å². The zero-order chi connectivity index (χ0) is 12.2. The van der Waals surface area contributed by atoms with Crippen LogP contribution in [-0.4, -0.2) is 41.3 Å². The Hall–Kier alpha value is -1.41. The lowest BCUT2D eigenvalue weighted by atomic mass is 10.4. The van der Waals surface area contributed by atoms with Crippen LogP contribution in [0.4, 0.5) is 0 Å². The highest BCUT2D eigenvalue weighted by molar-refractivity contribution is 7.90. The largest absolute Gasteiger partial charge is 0.480 e. The molecule has 7 nitrogen and oxygen atoms in total. The standard InChI is InChI=1S/C8H13N3O4S/c1-6(8(12)13)16(14,15)11-3-2-7-9-4-5-10-7/h4-6,11H,2-3H2,1H3,(H,9,10)(H,12,13). The molecule has 0 bridgehead atoms. The Labute approximate surface area is 93.0 Å². The number of hydrogen-bond acceptors (Lipinski definition) is 4. The maximum Gasteiger partial charge on any atom is 0.323 e. The molecule has 0 spiro atoms. The van der Waals surface area contributed by atoms with Crippen LogP contribution in [0.1, 0.15) is 12.7 Å². The van der Waals surface area contributed by atoms with E-state index in [1.54, 1.807) is 12.4 Å². The first-order valence-electron chi connectivity index (χ1n) is 4.63. The summed E-state index contributed by atoms with van der Waals surface area (Å²) in [5.41, 5.74) is 0. The number of imidazole rings is 1. The smallest absolute Gasteiger partial charge is 0.323 e. The van der Waals surface area contributed by atoms with Crippen molar-refractivity contribution in [1.29, 1.82) is 0 Å². The molecule has 0 aliphatic carbocycles. The number of carbonyl (C=O) groups is 1. The highest BCUT2D eigenvalue weighted by atomic mass is 32.2. The third-order valence-electron chi connectivity index (χ3n) is 2.03. The van der Waals surface area contributed by atoms with Gasteiger partial charge in [0.2, 0.25) is 10.0 Å². The first-order chi connectivity index (χ1) is 7.43. The molecule has 0 saturated heterocycles. The molecule has 0 saturated carbocycles. The molecule has 16 heavy (non-hydrogen) atoms. The molecule has 3 N–H and O–H groups in total. The van der Waals surface area contributed by atoms with Crippen LogP contribution in [0.5, 0.6) is 0 Å². The maximum atomic E-state index is 11.4. The molecule has 8 heteroatoms. The molecule has 1 unspecified atom stereocenters. The van der Waals surface area contributed by atoms with Crippen LogP contribution in [0.15, 0.2) is 12.4 Å². The van der Waals surface area contributed by atoms with E-state index < -0.39 is 21.2 Å². The Bertz CT molecular complexity index is 440. The van der Waals surface area contributed by atoms with Crippen molar-refractivity contribution in [1.82, 2.24) is 14.7 Å². The number of aromatic nitrogens is 2. The second-order valence-electron chi connectivity index (χ2n) is 3.21. The summed E-state index contributed by atoms with van der Waals surface area (Å²) in [4.78, 5) is 17.2. The van der Waals surface area contributed by atoms with E-state index in [2.05, 4.69) is 14.7 Å². The van der Waals surface area contributed by atoms with Crippen molar-refractivity contribution in [3.05, 3.63) is 18.2 Å². The summed E-state index contributed by atoms with van der Waals surface area (Å²) in [6.45, 7) is 1.24. The number of rotatable bonds is 6. The van der Waals surface area contributed by atoms with Crippen LogP contribution in [-0.2, 0) is 21.2 Å². The molecule has 0 aliphatic rings. The summed E-state index contributed by atoms with van der Waals surface area (Å²) in [5, 5.41) is 7.11. The highest BCUT2D eigenvalue weighted by Crippen LogP contribution is 1.98. The van der Waals surface area contributed by atoms with Gasteiger partial charge < -0.3 is 10.1 Å². The minimum Gasteiger partial charge on any atom is -0.480 e. The molecule has 0 aliphatic heterocycles. The van der Waals surface area contributed by atoms with Crippen molar-refractivity contribution < 1.29 is 18.3 Å². The molecule has 0 fully saturated rings. The summed E-state index contributed by atoms with van der Waals surface area (Å²) >= 11 is 0. The van der Waals surface area contributed by atoms with Crippen LogP contribution in [0.2, 0.25) is 0 Å². The fourth-order valence-corrected chi connectivity index (χ4v) is 1.91. The quantitative estimate of drug-likeness (QED) is 0.618. The van der Waals surface area contributed by atoms with Crippen molar-refractivity contribution in [3.8, 4) is 0 Å². The van der Waals surface area contributed by atoms with Gasteiger partial charge in [-0.3, -0.25) is 4.79 Å². The number of sulfonamides is 1. The van der Waals surface area contributed by atoms with Gasteiger partial charge in [0.25, 0.3) is 0 Å². The van der Waals surface area contributed by atoms with Gasteiger partial charge in [0.05, 0.1) is 0 Å². The van der Waals surface area contributed by atoms with Crippen molar-refractivity contribution in [2.45, 2.75) is 18.6 Å². The lowest BCUT2D eigenvalue weighted by Crippen LogP contribution is -2.38. The SMILES string of the molecule is CC(C(=O)O)S(=O)(=O)NCCc1ncc[nH]1. The predicted molar refractivity (Wildman–Crippen MR) is 56.3 cm³/mol. The number of carboxylic acid groups (broad SMARTS) is 1. The van der Waals surface area contributed by atoms with Gasteiger partial charge >= 0.3 is 5.97 Å². The molecule has 1 heterocycles. The predicted octanol–water partition coefficient (Wildman–Crippen LogP) is -0.655. The summed E-state index contributed by atoms with van der Waals surface area (Å²) in [7, 11) is -3.80. The number of carboxylic acids is 1. The molecular formula is C8H13N3O4S. The Morgan fingerprint density at radius 1 is 1.69 bits per heavy atom. The zero-order valence-corrected chi connectivity index (χ0v) is 9.49. The summed E-state index contributed by atoms with van der Waals surface area (Å²) < 4.78 is 25.0. The summed E-state index contributed by atoms with van der Waals surface area (Å²) in [6.07, 6.45) is 3.58. The average molecular weight is 247 g/mol. The van der Waals surface area contributed by atoms with E-state index in [9.17, 15) is 13.2 Å². The van der Waals surface area contributed by atoms with Crippen LogP contribution in [0.3, 0.4) is 0 Å². The number of hydrogen-bond donors (Lipinski definition) is 3. The molecular weight excluding hydrogens is 234 g/mol. The highest BCUT2D eigenvalue weighted by Gasteiger charge is 2.26. The van der Waals surface area contributed by atoms with Crippen LogP contribution in [0, 0.1) is 0 Å². The molecule has 1 rings (SSSR count). The van der Waals surface area contributed by atoms with Crippen molar-refractivity contribution in [2.24, 2.45) is 0 Å². The van der Waals surface area contributed by atoms with E-state index >= 15 is 0 Å². The second-order valence-corrected chi connectivity index (χ2v) is 5.29. The Morgan fingerprint density at radius 2 is 2.38 bits per heavy atom. The van der Waals surface area contributed by atoms with Crippen molar-refractivity contribution in [3.63, 3.8) is 0 Å². The van der Waals surface area contributed by atoms with Gasteiger partial charge in [-0.2, -0.15) is 0 Å². The fraction of sp³-hybridized carbons (Fsp3) is 0.500. The minimum atomic E-state index is -3.80. The van der Waals surface area contributed by atoms with Crippen LogP contribution < -0.4 is 4.72 Å². The van der Waals surface area contributed by atoms with Crippen molar-refractivity contribution in [2.75, 3.05) is 6.54 Å². The van der Waals surface area contributed by atoms with Crippen LogP contribution in [0.25, 0.3) is 0 Å². The monoisotopic (exact) mass is 247 g/mol. The van der Waals surface area contributed by atoms with E-state index in [-0.39, 0.29) is 6.54 Å². The zero-order valence-electron chi connectivity index (χ0n) is 8.67. The van der Waals surface area contributed by atoms with Gasteiger partial charge in [0.15, 0.2) is 5.25 Å². The average Bonchev–Trinajstić information content (AvgIpc) is 2.69. The van der Waals surface area contributed by atoms with Gasteiger partial charge in [-0.1, -0.05) is 0 Å². The van der Waals surface area contributed by atoms with Gasteiger partial charge in [0.1, 0.15) is 5.82 Å². The molecule has 1 aromatic rings. The Morgan fingerprint density at radius 3 is 2.88 bits per heavy atom. The minimum absolute atomic E-state index is 0.119. The number of aliphatic carboxylic acids is 1. The van der Waals surface area contributed by atoms with Crippen LogP contribution >= 0.6 is 0 Å². The van der Waals surface area contributed by atoms with Crippen molar-refractivity contribution >= 4 is 16.0 Å². The lowest BCUT2D eigenvalue weighted by molar-refractivity contribution is -0.136. The third kappa shape index (κ3) is 3.31. The Kier molecular flexibility index (Phi) is 4.02. The van der Waals surface area contributed by atoms with Gasteiger partial charge in [-0.05, 0) is 6.92 Å². The second kappa shape index (κ2) is 5.08. The summed E-state index contributed by atoms with van der Waals surface area (Å²) in [6, 6.07) is 0. The first-order valence-corrected chi connectivity index (χ1v) is 6.17. The Balaban J connectivity index is 2.46. The molecule has 1 aromatic heterocycles. The molecule has 0 aromatic carbocycles. The van der Waals surface area contributed by atoms with E-state index in [4.69, 9.17) is 5.11 Å². The molecule has 1 atom stereocenters. The molecule has 0 radical (unpaired) electrons. The third-order valence-corrected chi connectivity index (χ3v) is 3.77. The van der Waals surface area contributed by atoms with Gasteiger partial charge in [-0.25, -0.2) is 18.1 Å². The molecule has 0 amide bonds. The van der Waals surface area contributed by atoms with Gasteiger partial charge in [-0.15, -0.1) is 0 Å². The summed E-state index contributed by atoms with van der Waals surface area (Å²) in [5.74, 6) is -0.726. The number of aromatic amines is 1. The number of H-pyrrole nitrogens is 1. The fourth-order valence-electron chi connectivity index (χ4n) is 1.00.